The largest absolute Gasteiger partial charge is 1.00 e. The number of benzene rings is 2. The molecule has 0 unspecified atom stereocenters. The number of amides is 1. The fourth-order valence-electron chi connectivity index (χ4n) is 2.04. The molecule has 0 radical (unpaired) electrons. The van der Waals surface area contributed by atoms with Gasteiger partial charge in [0.15, 0.2) is 0 Å². The molecule has 5 nitrogen and oxygen atoms in total. The fraction of sp³-hybridized carbons (Fsp3) is 0.318. The third-order valence-electron chi connectivity index (χ3n) is 3.26. The topological polar surface area (TPSA) is 74.5 Å². The van der Waals surface area contributed by atoms with E-state index in [4.69, 9.17) is 4.74 Å². The number of hydrogen-bond acceptors (Lipinski definition) is 4. The van der Waals surface area contributed by atoms with Gasteiger partial charge in [0.25, 0.3) is 0 Å². The molecule has 144 valence electrons. The maximum absolute atomic E-state index is 12.3. The molecule has 0 saturated heterocycles. The summed E-state index contributed by atoms with van der Waals surface area (Å²) in [6.07, 6.45) is -0.706. The van der Waals surface area contributed by atoms with E-state index in [0.717, 1.165) is 5.56 Å². The Hall–Kier alpha value is -1.31. The molecule has 1 amide bonds. The summed E-state index contributed by atoms with van der Waals surface area (Å²) in [5.41, 5.74) is 1.33. The molecular formula is C22H26KNO4. The molecule has 0 bridgehead atoms. The summed E-state index contributed by atoms with van der Waals surface area (Å²) in [6.45, 7) is 11.2. The van der Waals surface area contributed by atoms with Crippen molar-refractivity contribution in [2.45, 2.75) is 47.1 Å². The number of carbonyl (C=O) groups excluding carboxylic acids is 3. The van der Waals surface area contributed by atoms with E-state index in [1.807, 2.05) is 20.8 Å². The number of hydrogen-bond donors (Lipinski definition) is 0. The van der Waals surface area contributed by atoms with E-state index in [2.05, 4.69) is 5.32 Å². The van der Waals surface area contributed by atoms with Crippen molar-refractivity contribution < 1.29 is 70.5 Å². The summed E-state index contributed by atoms with van der Waals surface area (Å²) in [5.74, 6) is -1.18. The third kappa shape index (κ3) is 8.79. The minimum absolute atomic E-state index is 0. The zero-order valence-corrected chi connectivity index (χ0v) is 20.8. The van der Waals surface area contributed by atoms with Gasteiger partial charge in [-0.15, -0.1) is 5.69 Å². The van der Waals surface area contributed by atoms with Crippen LogP contribution in [0, 0.1) is 6.92 Å². The summed E-state index contributed by atoms with van der Waals surface area (Å²) >= 11 is 0. The van der Waals surface area contributed by atoms with Crippen LogP contribution < -0.4 is 51.4 Å². The molecule has 2 aromatic carbocycles. The molecule has 0 aliphatic heterocycles. The Morgan fingerprint density at radius 3 is 1.57 bits per heavy atom. The predicted octanol–water partition coefficient (Wildman–Crippen LogP) is 3.03. The Morgan fingerprint density at radius 1 is 0.786 bits per heavy atom. The maximum Gasteiger partial charge on any atom is 1.00 e. The van der Waals surface area contributed by atoms with Crippen molar-refractivity contribution >= 4 is 23.3 Å². The number of aryl methyl sites for hydroxylation is 1. The van der Waals surface area contributed by atoms with Gasteiger partial charge in [0, 0.05) is 11.1 Å². The molecular weight excluding hydrogens is 381 g/mol. The Kier molecular flexibility index (Phi) is 11.7. The summed E-state index contributed by atoms with van der Waals surface area (Å²) in [4.78, 5) is 36.2. The van der Waals surface area contributed by atoms with E-state index in [-0.39, 0.29) is 56.9 Å². The van der Waals surface area contributed by atoms with Gasteiger partial charge in [0.05, 0.1) is 0 Å². The number of rotatable bonds is 4. The van der Waals surface area contributed by atoms with Crippen LogP contribution in [-0.4, -0.2) is 23.3 Å². The Bertz CT molecular complexity index is 791. The van der Waals surface area contributed by atoms with Crippen LogP contribution in [0.25, 0.3) is 5.32 Å². The van der Waals surface area contributed by atoms with Crippen molar-refractivity contribution in [2.24, 2.45) is 0 Å². The van der Waals surface area contributed by atoms with Gasteiger partial charge in [-0.05, 0) is 27.7 Å². The van der Waals surface area contributed by atoms with Gasteiger partial charge < -0.3 is 10.1 Å². The molecule has 2 rings (SSSR count). The number of nitrogens with zero attached hydrogens (tertiary/aromatic N) is 1. The number of ketones is 2. The van der Waals surface area contributed by atoms with Crippen LogP contribution in [-0.2, 0) is 4.74 Å². The van der Waals surface area contributed by atoms with Gasteiger partial charge in [-0.2, -0.15) is 0 Å². The van der Waals surface area contributed by atoms with E-state index < -0.39 is 23.3 Å². The van der Waals surface area contributed by atoms with Crippen LogP contribution in [0.2, 0.25) is 0 Å². The van der Waals surface area contributed by atoms with Crippen LogP contribution >= 0.6 is 0 Å². The zero-order valence-electron chi connectivity index (χ0n) is 17.7. The van der Waals surface area contributed by atoms with Crippen LogP contribution in [0.5, 0.6) is 0 Å². The van der Waals surface area contributed by atoms with Crippen LogP contribution in [0.15, 0.2) is 48.5 Å². The smallest absolute Gasteiger partial charge is 0.591 e. The van der Waals surface area contributed by atoms with E-state index in [1.165, 1.54) is 24.3 Å². The molecule has 0 N–H and O–H groups in total. The molecule has 0 aliphatic carbocycles. The number of Topliss-reactive ketones (excluding diaryl/α,β-unsaturated/α-hetero) is 2. The summed E-state index contributed by atoms with van der Waals surface area (Å²) in [5, 5.41) is 3.80. The van der Waals surface area contributed by atoms with Gasteiger partial charge in [-0.1, -0.05) is 67.9 Å². The van der Waals surface area contributed by atoms with E-state index >= 15 is 0 Å². The minimum atomic E-state index is -0.706. The minimum Gasteiger partial charge on any atom is -0.591 e. The second-order valence-corrected chi connectivity index (χ2v) is 6.66. The normalized spacial score (nSPS) is 9.93. The summed E-state index contributed by atoms with van der Waals surface area (Å²) in [6, 6.07) is 12.8. The number of carbonyl (C=O) groups is 3. The maximum atomic E-state index is 12.3. The summed E-state index contributed by atoms with van der Waals surface area (Å²) < 4.78 is 5.10. The molecule has 2 aromatic rings. The fourth-order valence-corrected chi connectivity index (χ4v) is 2.04. The quantitative estimate of drug-likeness (QED) is 0.444. The Balaban J connectivity index is 0.00000235. The average molecular weight is 408 g/mol. The van der Waals surface area contributed by atoms with Gasteiger partial charge in [0.2, 0.25) is 17.7 Å². The molecule has 6 heteroatoms. The molecule has 0 atom stereocenters. The van der Waals surface area contributed by atoms with Crippen LogP contribution in [0.1, 0.15) is 60.9 Å². The van der Waals surface area contributed by atoms with Crippen molar-refractivity contribution in [1.29, 1.82) is 0 Å². The number of ether oxygens (including phenoxy) is 1. The molecule has 0 aromatic heterocycles. The molecule has 0 fully saturated rings. The standard InChI is InChI=1S/C20H21NO4.C2H6.K/c1-13-5-7-14(8-6-13)17(22)18(23)15-9-11-16(12-10-15)21-19(24)25-20(2,3)4;1-2;/h5-12H,1-4H3,(H,21,23,24);1-2H3;/q;;+1/p-1. The molecule has 0 heterocycles. The van der Waals surface area contributed by atoms with Gasteiger partial charge in [0.1, 0.15) is 5.60 Å². The van der Waals surface area contributed by atoms with Crippen molar-refractivity contribution in [1.82, 2.24) is 0 Å². The van der Waals surface area contributed by atoms with E-state index in [9.17, 15) is 14.4 Å². The van der Waals surface area contributed by atoms with Crippen LogP contribution in [0.4, 0.5) is 10.5 Å². The third-order valence-corrected chi connectivity index (χ3v) is 3.26. The first-order chi connectivity index (χ1) is 12.7. The Morgan fingerprint density at radius 2 is 1.18 bits per heavy atom. The van der Waals surface area contributed by atoms with E-state index in [0.29, 0.717) is 11.3 Å². The van der Waals surface area contributed by atoms with Gasteiger partial charge >= 0.3 is 51.4 Å². The van der Waals surface area contributed by atoms with Crippen LogP contribution in [0.3, 0.4) is 0 Å². The monoisotopic (exact) mass is 407 g/mol. The van der Waals surface area contributed by atoms with Crippen molar-refractivity contribution in [3.8, 4) is 0 Å². The van der Waals surface area contributed by atoms with Crippen molar-refractivity contribution in [2.75, 3.05) is 0 Å². The molecule has 0 saturated carbocycles. The van der Waals surface area contributed by atoms with Crippen molar-refractivity contribution in [3.63, 3.8) is 0 Å². The SMILES string of the molecule is CC.Cc1ccc(C(=O)C(=O)c2ccc([N-]C(=O)OC(C)(C)C)cc2)cc1.[K+]. The second-order valence-electron chi connectivity index (χ2n) is 6.66. The first-order valence-corrected chi connectivity index (χ1v) is 8.86. The zero-order chi connectivity index (χ0) is 20.6. The first kappa shape index (κ1) is 26.7. The second kappa shape index (κ2) is 12.3. The van der Waals surface area contributed by atoms with Gasteiger partial charge in [-0.25, -0.2) is 0 Å². The van der Waals surface area contributed by atoms with Gasteiger partial charge in [-0.3, -0.25) is 14.4 Å². The molecule has 28 heavy (non-hydrogen) atoms. The molecule has 0 spiro atoms. The predicted molar refractivity (Wildman–Crippen MR) is 107 cm³/mol. The van der Waals surface area contributed by atoms with Crippen molar-refractivity contribution in [3.05, 3.63) is 70.5 Å². The summed E-state index contributed by atoms with van der Waals surface area (Å²) in [7, 11) is 0. The molecule has 0 aliphatic rings. The first-order valence-electron chi connectivity index (χ1n) is 8.86. The Labute approximate surface area is 209 Å². The average Bonchev–Trinajstić information content (AvgIpc) is 2.62. The van der Waals surface area contributed by atoms with E-state index in [1.54, 1.807) is 45.0 Å².